The number of hydrogen-bond donors (Lipinski definition) is 3. The van der Waals surface area contributed by atoms with Crippen LogP contribution in [0, 0.1) is 0 Å². The van der Waals surface area contributed by atoms with E-state index in [1.165, 1.54) is 5.56 Å². The molecule has 0 saturated carbocycles. The molecule has 0 bridgehead atoms. The van der Waals surface area contributed by atoms with Crippen LogP contribution in [0.2, 0.25) is 0 Å². The second kappa shape index (κ2) is 12.3. The number of H-pyrrole nitrogens is 1. The van der Waals surface area contributed by atoms with E-state index in [9.17, 15) is 0 Å². The van der Waals surface area contributed by atoms with Crippen LogP contribution in [0.1, 0.15) is 18.3 Å². The second-order valence-electron chi connectivity index (χ2n) is 6.58. The number of halogens is 1. The van der Waals surface area contributed by atoms with Crippen molar-refractivity contribution in [3.05, 3.63) is 53.9 Å². The number of imidazole rings is 1. The van der Waals surface area contributed by atoms with E-state index in [1.807, 2.05) is 36.4 Å². The Morgan fingerprint density at radius 1 is 1.03 bits per heavy atom. The van der Waals surface area contributed by atoms with Crippen molar-refractivity contribution >= 4 is 41.0 Å². The lowest BCUT2D eigenvalue weighted by Crippen LogP contribution is -2.38. The maximum absolute atomic E-state index is 5.37. The molecule has 1 heterocycles. The largest absolute Gasteiger partial charge is 0.493 e. The molecule has 0 radical (unpaired) electrons. The normalized spacial score (nSPS) is 11.1. The zero-order chi connectivity index (χ0) is 20.5. The van der Waals surface area contributed by atoms with Gasteiger partial charge in [-0.2, -0.15) is 0 Å². The third kappa shape index (κ3) is 6.51. The van der Waals surface area contributed by atoms with Crippen molar-refractivity contribution in [3.8, 4) is 11.5 Å². The molecule has 3 rings (SSSR count). The summed E-state index contributed by atoms with van der Waals surface area (Å²) < 4.78 is 10.7. The van der Waals surface area contributed by atoms with E-state index in [4.69, 9.17) is 9.47 Å². The fraction of sp³-hybridized carbons (Fsp3) is 0.364. The number of rotatable bonds is 9. The number of methoxy groups -OCH3 is 2. The van der Waals surface area contributed by atoms with Crippen LogP contribution in [0.4, 0.5) is 0 Å². The fourth-order valence-electron chi connectivity index (χ4n) is 3.10. The molecule has 0 aliphatic rings. The molecule has 0 fully saturated rings. The molecule has 7 nitrogen and oxygen atoms in total. The van der Waals surface area contributed by atoms with E-state index < -0.39 is 0 Å². The topological polar surface area (TPSA) is 83.6 Å². The van der Waals surface area contributed by atoms with Gasteiger partial charge in [0.15, 0.2) is 17.5 Å². The zero-order valence-corrected chi connectivity index (χ0v) is 20.0. The summed E-state index contributed by atoms with van der Waals surface area (Å²) in [5.41, 5.74) is 3.23. The highest BCUT2D eigenvalue weighted by molar-refractivity contribution is 14.0. The summed E-state index contributed by atoms with van der Waals surface area (Å²) in [5, 5.41) is 6.67. The summed E-state index contributed by atoms with van der Waals surface area (Å²) in [5.74, 6) is 3.25. The van der Waals surface area contributed by atoms with Crippen LogP contribution in [-0.2, 0) is 12.8 Å². The molecule has 1 aromatic heterocycles. The summed E-state index contributed by atoms with van der Waals surface area (Å²) in [4.78, 5) is 12.6. The summed E-state index contributed by atoms with van der Waals surface area (Å²) in [6.07, 6.45) is 1.62. The van der Waals surface area contributed by atoms with Gasteiger partial charge in [-0.15, -0.1) is 24.0 Å². The van der Waals surface area contributed by atoms with Gasteiger partial charge >= 0.3 is 0 Å². The first-order valence-corrected chi connectivity index (χ1v) is 9.90. The first kappa shape index (κ1) is 23.8. The van der Waals surface area contributed by atoms with Gasteiger partial charge < -0.3 is 25.1 Å². The molecule has 0 saturated heterocycles. The number of nitrogens with one attached hydrogen (secondary N) is 3. The lowest BCUT2D eigenvalue weighted by atomic mass is 10.1. The minimum atomic E-state index is 0. The van der Waals surface area contributed by atoms with Crippen LogP contribution in [0.15, 0.2) is 47.5 Å². The number of aromatic amines is 1. The molecule has 0 spiro atoms. The van der Waals surface area contributed by atoms with E-state index in [0.29, 0.717) is 6.54 Å². The number of ether oxygens (including phenoxy) is 2. The molecular weight excluding hydrogens is 493 g/mol. The molecule has 162 valence electrons. The lowest BCUT2D eigenvalue weighted by Gasteiger charge is -2.12. The summed E-state index contributed by atoms with van der Waals surface area (Å²) in [6.45, 7) is 4.30. The molecule has 2 aromatic carbocycles. The molecule has 0 unspecified atom stereocenters. The SMILES string of the molecule is CCNC(=NCCc1nc2ccccc2[nH]1)NCCc1ccc(OC)c(OC)c1.I. The number of guanidine groups is 1. The maximum atomic E-state index is 5.37. The Labute approximate surface area is 194 Å². The zero-order valence-electron chi connectivity index (χ0n) is 17.7. The third-order valence-corrected chi connectivity index (χ3v) is 4.56. The summed E-state index contributed by atoms with van der Waals surface area (Å²) >= 11 is 0. The van der Waals surface area contributed by atoms with Crippen molar-refractivity contribution in [1.82, 2.24) is 20.6 Å². The Morgan fingerprint density at radius 2 is 1.83 bits per heavy atom. The number of para-hydroxylation sites is 2. The number of aliphatic imine (C=N–C) groups is 1. The van der Waals surface area contributed by atoms with Crippen molar-refractivity contribution in [2.75, 3.05) is 33.9 Å². The van der Waals surface area contributed by atoms with Crippen molar-refractivity contribution < 1.29 is 9.47 Å². The van der Waals surface area contributed by atoms with Crippen molar-refractivity contribution in [2.45, 2.75) is 19.8 Å². The number of fused-ring (bicyclic) bond motifs is 1. The van der Waals surface area contributed by atoms with Crippen LogP contribution >= 0.6 is 24.0 Å². The van der Waals surface area contributed by atoms with E-state index in [1.54, 1.807) is 14.2 Å². The van der Waals surface area contributed by atoms with E-state index >= 15 is 0 Å². The highest BCUT2D eigenvalue weighted by Gasteiger charge is 2.05. The molecule has 0 atom stereocenters. The predicted molar refractivity (Wildman–Crippen MR) is 132 cm³/mol. The lowest BCUT2D eigenvalue weighted by molar-refractivity contribution is 0.354. The molecule has 0 aliphatic carbocycles. The van der Waals surface area contributed by atoms with Crippen LogP contribution in [-0.4, -0.2) is 49.8 Å². The Kier molecular flexibility index (Phi) is 9.72. The van der Waals surface area contributed by atoms with Gasteiger partial charge in [0.05, 0.1) is 25.3 Å². The Morgan fingerprint density at radius 3 is 2.57 bits per heavy atom. The quantitative estimate of drug-likeness (QED) is 0.227. The summed E-state index contributed by atoms with van der Waals surface area (Å²) in [7, 11) is 3.29. The second-order valence-corrected chi connectivity index (χ2v) is 6.58. The Bertz CT molecular complexity index is 925. The van der Waals surface area contributed by atoms with E-state index in [-0.39, 0.29) is 24.0 Å². The standard InChI is InChI=1S/C22H29N5O2.HI/c1-4-23-22(24-13-11-16-9-10-19(28-2)20(15-16)29-3)25-14-12-21-26-17-7-5-6-8-18(17)27-21;/h5-10,15H,4,11-14H2,1-3H3,(H,26,27)(H2,23,24,25);1H. The van der Waals surface area contributed by atoms with E-state index in [2.05, 4.69) is 38.6 Å². The van der Waals surface area contributed by atoms with Crippen molar-refractivity contribution in [2.24, 2.45) is 4.99 Å². The van der Waals surface area contributed by atoms with Crippen molar-refractivity contribution in [3.63, 3.8) is 0 Å². The van der Waals surface area contributed by atoms with E-state index in [0.717, 1.165) is 60.2 Å². The first-order chi connectivity index (χ1) is 14.2. The molecule has 8 heteroatoms. The average molecular weight is 523 g/mol. The van der Waals surface area contributed by atoms with Gasteiger partial charge in [-0.25, -0.2) is 4.98 Å². The summed E-state index contributed by atoms with van der Waals surface area (Å²) in [6, 6.07) is 14.0. The highest BCUT2D eigenvalue weighted by atomic mass is 127. The molecular formula is C22H30IN5O2. The third-order valence-electron chi connectivity index (χ3n) is 4.56. The monoisotopic (exact) mass is 523 g/mol. The molecule has 0 amide bonds. The number of nitrogens with zero attached hydrogens (tertiary/aromatic N) is 2. The highest BCUT2D eigenvalue weighted by Crippen LogP contribution is 2.27. The van der Waals surface area contributed by atoms with Gasteiger partial charge in [0, 0.05) is 26.1 Å². The minimum absolute atomic E-state index is 0. The van der Waals surface area contributed by atoms with Crippen LogP contribution in [0.3, 0.4) is 0 Å². The molecule has 3 N–H and O–H groups in total. The van der Waals surface area contributed by atoms with Gasteiger partial charge in [-0.05, 0) is 43.2 Å². The van der Waals surface area contributed by atoms with Crippen LogP contribution < -0.4 is 20.1 Å². The Balaban J connectivity index is 0.00000320. The van der Waals surface area contributed by atoms with Crippen LogP contribution in [0.25, 0.3) is 11.0 Å². The smallest absolute Gasteiger partial charge is 0.191 e. The molecule has 0 aliphatic heterocycles. The Hall–Kier alpha value is -2.49. The average Bonchev–Trinajstić information content (AvgIpc) is 3.16. The molecule has 30 heavy (non-hydrogen) atoms. The fourth-order valence-corrected chi connectivity index (χ4v) is 3.10. The first-order valence-electron chi connectivity index (χ1n) is 9.90. The number of aromatic nitrogens is 2. The minimum Gasteiger partial charge on any atom is -0.493 e. The maximum Gasteiger partial charge on any atom is 0.191 e. The molecule has 3 aromatic rings. The van der Waals surface area contributed by atoms with Gasteiger partial charge in [-0.3, -0.25) is 4.99 Å². The predicted octanol–water partition coefficient (Wildman–Crippen LogP) is 3.54. The number of benzene rings is 2. The van der Waals surface area contributed by atoms with Crippen LogP contribution in [0.5, 0.6) is 11.5 Å². The van der Waals surface area contributed by atoms with Gasteiger partial charge in [0.1, 0.15) is 5.82 Å². The van der Waals surface area contributed by atoms with Gasteiger partial charge in [-0.1, -0.05) is 18.2 Å². The van der Waals surface area contributed by atoms with Crippen molar-refractivity contribution in [1.29, 1.82) is 0 Å². The van der Waals surface area contributed by atoms with Gasteiger partial charge in [0.2, 0.25) is 0 Å². The number of hydrogen-bond acceptors (Lipinski definition) is 4. The van der Waals surface area contributed by atoms with Gasteiger partial charge in [0.25, 0.3) is 0 Å².